The Kier molecular flexibility index (Phi) is 5.45. The van der Waals surface area contributed by atoms with Crippen LogP contribution < -0.4 is 10.1 Å². The number of piperidine rings is 1. The predicted octanol–water partition coefficient (Wildman–Crippen LogP) is 4.85. The second-order valence-corrected chi connectivity index (χ2v) is 11.3. The number of aromatic nitrogens is 1. The molecule has 3 atom stereocenters. The van der Waals surface area contributed by atoms with Crippen LogP contribution >= 0.6 is 27.3 Å². The van der Waals surface area contributed by atoms with E-state index in [1.807, 2.05) is 54.3 Å². The van der Waals surface area contributed by atoms with Gasteiger partial charge in [-0.15, -0.1) is 11.3 Å². The molecule has 3 aliphatic rings. The van der Waals surface area contributed by atoms with Gasteiger partial charge in [-0.1, -0.05) is 34.1 Å². The van der Waals surface area contributed by atoms with Crippen molar-refractivity contribution in [2.75, 3.05) is 13.2 Å². The van der Waals surface area contributed by atoms with Crippen LogP contribution in [0.4, 0.5) is 0 Å². The van der Waals surface area contributed by atoms with E-state index in [4.69, 9.17) is 4.74 Å². The lowest BCUT2D eigenvalue weighted by atomic mass is 10.0. The van der Waals surface area contributed by atoms with Crippen LogP contribution in [-0.2, 0) is 6.42 Å². The van der Waals surface area contributed by atoms with E-state index in [1.54, 1.807) is 11.3 Å². The van der Waals surface area contributed by atoms with Crippen LogP contribution in [0, 0.1) is 12.8 Å². The first-order chi connectivity index (χ1) is 16.5. The first-order valence-corrected chi connectivity index (χ1v) is 13.2. The average molecular weight is 538 g/mol. The van der Waals surface area contributed by atoms with Gasteiger partial charge in [-0.2, -0.15) is 0 Å². The second-order valence-electron chi connectivity index (χ2n) is 9.17. The minimum absolute atomic E-state index is 0.0204. The number of thiazole rings is 1. The van der Waals surface area contributed by atoms with Crippen LogP contribution in [0.1, 0.15) is 44.3 Å². The van der Waals surface area contributed by atoms with Gasteiger partial charge in [0.1, 0.15) is 11.4 Å². The van der Waals surface area contributed by atoms with Gasteiger partial charge in [0.05, 0.1) is 22.5 Å². The molecular formula is C26H24BrN3O3S. The van der Waals surface area contributed by atoms with E-state index in [9.17, 15) is 9.59 Å². The van der Waals surface area contributed by atoms with Gasteiger partial charge in [0.15, 0.2) is 0 Å². The number of nitrogens with zero attached hydrogens (tertiary/aromatic N) is 2. The summed E-state index contributed by atoms with van der Waals surface area (Å²) < 4.78 is 6.60. The molecular weight excluding hydrogens is 514 g/mol. The molecule has 2 fully saturated rings. The predicted molar refractivity (Wildman–Crippen MR) is 134 cm³/mol. The molecule has 1 N–H and O–H groups in total. The lowest BCUT2D eigenvalue weighted by molar-refractivity contribution is 0.0684. The van der Waals surface area contributed by atoms with E-state index in [1.165, 1.54) is 0 Å². The lowest BCUT2D eigenvalue weighted by Crippen LogP contribution is -2.45. The van der Waals surface area contributed by atoms with E-state index in [2.05, 4.69) is 26.2 Å². The molecule has 6 nitrogen and oxygen atoms in total. The number of ether oxygens (including phenoxy) is 1. The molecule has 0 spiro atoms. The van der Waals surface area contributed by atoms with Crippen molar-refractivity contribution in [3.8, 4) is 16.2 Å². The van der Waals surface area contributed by atoms with Crippen molar-refractivity contribution in [1.82, 2.24) is 15.2 Å². The Labute approximate surface area is 210 Å². The summed E-state index contributed by atoms with van der Waals surface area (Å²) in [7, 11) is 0. The Hall–Kier alpha value is -2.71. The average Bonchev–Trinajstić information content (AvgIpc) is 3.18. The maximum atomic E-state index is 13.8. The Morgan fingerprint density at radius 1 is 1.21 bits per heavy atom. The van der Waals surface area contributed by atoms with Crippen LogP contribution in [0.25, 0.3) is 10.4 Å². The summed E-state index contributed by atoms with van der Waals surface area (Å²) >= 11 is 5.03. The number of hydrogen-bond donors (Lipinski definition) is 1. The number of benzene rings is 2. The number of fused-ring (bicyclic) bond motifs is 2. The zero-order valence-corrected chi connectivity index (χ0v) is 21.1. The van der Waals surface area contributed by atoms with E-state index in [-0.39, 0.29) is 23.9 Å². The fourth-order valence-corrected chi connectivity index (χ4v) is 6.47. The Morgan fingerprint density at radius 3 is 2.85 bits per heavy atom. The largest absolute Gasteiger partial charge is 0.493 e. The molecule has 0 unspecified atom stereocenters. The molecule has 1 saturated carbocycles. The minimum Gasteiger partial charge on any atom is -0.493 e. The first-order valence-electron chi connectivity index (χ1n) is 11.6. The summed E-state index contributed by atoms with van der Waals surface area (Å²) in [4.78, 5) is 34.3. The number of halogens is 1. The Bertz CT molecular complexity index is 1290. The van der Waals surface area contributed by atoms with Crippen molar-refractivity contribution in [2.24, 2.45) is 5.92 Å². The summed E-state index contributed by atoms with van der Waals surface area (Å²) in [6, 6.07) is 13.8. The minimum atomic E-state index is -0.102. The third-order valence-electron chi connectivity index (χ3n) is 6.97. The zero-order chi connectivity index (χ0) is 23.4. The van der Waals surface area contributed by atoms with Gasteiger partial charge < -0.3 is 15.0 Å². The summed E-state index contributed by atoms with van der Waals surface area (Å²) in [5.41, 5.74) is 3.16. The van der Waals surface area contributed by atoms with Crippen molar-refractivity contribution >= 4 is 39.1 Å². The summed E-state index contributed by atoms with van der Waals surface area (Å²) in [5, 5.41) is 3.97. The number of carbonyl (C=O) groups is 2. The van der Waals surface area contributed by atoms with Crippen LogP contribution in [0.2, 0.25) is 0 Å². The van der Waals surface area contributed by atoms with Crippen molar-refractivity contribution < 1.29 is 14.3 Å². The number of rotatable bonds is 5. The Morgan fingerprint density at radius 2 is 2.03 bits per heavy atom. The smallest absolute Gasteiger partial charge is 0.274 e. The molecule has 1 saturated heterocycles. The number of amides is 2. The van der Waals surface area contributed by atoms with Gasteiger partial charge in [-0.25, -0.2) is 4.98 Å². The number of nitrogens with one attached hydrogen (secondary N) is 1. The molecule has 34 heavy (non-hydrogen) atoms. The number of likely N-dealkylation sites (tertiary alicyclic amines) is 1. The standard InChI is InChI=1S/C26H24BrN3O3S/c1-14-29-23(24(34-14)15-5-7-17(27)8-6-15)26(32)30-18(11-16-12-21(16)30)13-28-25(31)20-3-2-4-22-19(20)9-10-33-22/h2-8,16,18,21H,9-13H2,1H3,(H,28,31)/t16-,18+,21+/m1/s1. The van der Waals surface area contributed by atoms with Crippen molar-refractivity contribution in [3.05, 3.63) is 68.8 Å². The lowest BCUT2D eigenvalue weighted by Gasteiger charge is -2.27. The topological polar surface area (TPSA) is 71.5 Å². The molecule has 1 aromatic heterocycles. The highest BCUT2D eigenvalue weighted by Gasteiger charge is 2.54. The van der Waals surface area contributed by atoms with Gasteiger partial charge in [0.25, 0.3) is 11.8 Å². The highest BCUT2D eigenvalue weighted by atomic mass is 79.9. The highest BCUT2D eigenvalue weighted by molar-refractivity contribution is 9.10. The molecule has 8 heteroatoms. The quantitative estimate of drug-likeness (QED) is 0.505. The van der Waals surface area contributed by atoms with Crippen LogP contribution in [0.5, 0.6) is 5.75 Å². The van der Waals surface area contributed by atoms with E-state index >= 15 is 0 Å². The number of hydrogen-bond acceptors (Lipinski definition) is 5. The molecule has 2 amide bonds. The number of carbonyl (C=O) groups excluding carboxylic acids is 2. The van der Waals surface area contributed by atoms with Crippen LogP contribution in [-0.4, -0.2) is 46.9 Å². The summed E-state index contributed by atoms with van der Waals surface area (Å²) in [6.45, 7) is 2.99. The third-order valence-corrected chi connectivity index (χ3v) is 8.52. The zero-order valence-electron chi connectivity index (χ0n) is 18.7. The molecule has 6 rings (SSSR count). The Balaban J connectivity index is 1.21. The molecule has 174 valence electrons. The first kappa shape index (κ1) is 21.8. The van der Waals surface area contributed by atoms with Gasteiger partial charge in [0.2, 0.25) is 0 Å². The molecule has 0 radical (unpaired) electrons. The van der Waals surface area contributed by atoms with E-state index < -0.39 is 0 Å². The van der Waals surface area contributed by atoms with Crippen molar-refractivity contribution in [2.45, 2.75) is 38.3 Å². The van der Waals surface area contributed by atoms with Gasteiger partial charge in [-0.05, 0) is 55.5 Å². The van der Waals surface area contributed by atoms with E-state index in [0.29, 0.717) is 30.3 Å². The molecule has 2 aromatic carbocycles. The third kappa shape index (κ3) is 3.82. The van der Waals surface area contributed by atoms with E-state index in [0.717, 1.165) is 50.5 Å². The molecule has 0 bridgehead atoms. The van der Waals surface area contributed by atoms with Crippen molar-refractivity contribution in [1.29, 1.82) is 0 Å². The number of aryl methyl sites for hydroxylation is 1. The maximum Gasteiger partial charge on any atom is 0.274 e. The monoisotopic (exact) mass is 537 g/mol. The van der Waals surface area contributed by atoms with Crippen molar-refractivity contribution in [3.63, 3.8) is 0 Å². The van der Waals surface area contributed by atoms with Gasteiger partial charge in [-0.3, -0.25) is 9.59 Å². The molecule has 2 aliphatic heterocycles. The van der Waals surface area contributed by atoms with Gasteiger partial charge >= 0.3 is 0 Å². The fraction of sp³-hybridized carbons (Fsp3) is 0.346. The maximum absolute atomic E-state index is 13.8. The highest BCUT2D eigenvalue weighted by Crippen LogP contribution is 2.49. The SMILES string of the molecule is Cc1nc(C(=O)N2[C@H](CNC(=O)c3cccc4c3CCO4)C[C@@H]3C[C@@H]32)c(-c2ccc(Br)cc2)s1. The second kappa shape index (κ2) is 8.50. The normalized spacial score (nSPS) is 22.2. The summed E-state index contributed by atoms with van der Waals surface area (Å²) in [5.74, 6) is 1.19. The molecule has 1 aliphatic carbocycles. The molecule has 3 aromatic rings. The van der Waals surface area contributed by atoms with Gasteiger partial charge in [0, 0.05) is 34.6 Å². The van der Waals surface area contributed by atoms with Crippen LogP contribution in [0.15, 0.2) is 46.9 Å². The van der Waals surface area contributed by atoms with Crippen LogP contribution in [0.3, 0.4) is 0 Å². The fourth-order valence-electron chi connectivity index (χ4n) is 5.29. The summed E-state index contributed by atoms with van der Waals surface area (Å²) in [6.07, 6.45) is 2.71. The molecule has 3 heterocycles.